The van der Waals surface area contributed by atoms with Gasteiger partial charge in [0, 0.05) is 25.2 Å². The molecule has 0 unspecified atom stereocenters. The molecule has 0 spiro atoms. The van der Waals surface area contributed by atoms with Gasteiger partial charge in [-0.3, -0.25) is 9.63 Å². The molecule has 0 N–H and O–H groups in total. The molecule has 0 bridgehead atoms. The Morgan fingerprint density at radius 1 is 1.26 bits per heavy atom. The standard InChI is InChI=1S/C16H23FN2O4/c1-7-19(16(2,3)4)15(21)23-11-8-9-12(13(17)10-11)14(20)18(5)22-6/h8-10H,7H2,1-6H3. The lowest BCUT2D eigenvalue weighted by molar-refractivity contribution is -0.0759. The second kappa shape index (κ2) is 7.41. The zero-order chi connectivity index (χ0) is 17.8. The van der Waals surface area contributed by atoms with E-state index in [4.69, 9.17) is 9.57 Å². The van der Waals surface area contributed by atoms with Crippen LogP contribution in [-0.4, -0.2) is 48.2 Å². The van der Waals surface area contributed by atoms with Crippen molar-refractivity contribution in [1.82, 2.24) is 9.96 Å². The molecule has 1 rings (SSSR count). The van der Waals surface area contributed by atoms with Crippen molar-refractivity contribution in [3.63, 3.8) is 0 Å². The van der Waals surface area contributed by atoms with E-state index < -0.39 is 23.4 Å². The lowest BCUT2D eigenvalue weighted by atomic mass is 10.1. The van der Waals surface area contributed by atoms with Crippen LogP contribution in [0.2, 0.25) is 0 Å². The van der Waals surface area contributed by atoms with E-state index in [0.717, 1.165) is 11.1 Å². The van der Waals surface area contributed by atoms with Crippen molar-refractivity contribution in [1.29, 1.82) is 0 Å². The molecule has 23 heavy (non-hydrogen) atoms. The third-order valence-corrected chi connectivity index (χ3v) is 3.28. The van der Waals surface area contributed by atoms with Crippen molar-refractivity contribution >= 4 is 12.0 Å². The lowest BCUT2D eigenvalue weighted by Crippen LogP contribution is -2.46. The molecule has 6 nitrogen and oxygen atoms in total. The van der Waals surface area contributed by atoms with Gasteiger partial charge in [-0.05, 0) is 39.8 Å². The van der Waals surface area contributed by atoms with E-state index in [-0.39, 0.29) is 11.3 Å². The van der Waals surface area contributed by atoms with E-state index in [1.165, 1.54) is 31.2 Å². The topological polar surface area (TPSA) is 59.1 Å². The van der Waals surface area contributed by atoms with Crippen molar-refractivity contribution in [2.45, 2.75) is 33.2 Å². The number of nitrogens with zero attached hydrogens (tertiary/aromatic N) is 2. The molecule has 0 aromatic heterocycles. The molecule has 0 saturated heterocycles. The summed E-state index contributed by atoms with van der Waals surface area (Å²) in [6, 6.07) is 3.63. The Bertz CT molecular complexity index is 584. The molecule has 0 aliphatic carbocycles. The number of rotatable bonds is 4. The first-order valence-corrected chi connectivity index (χ1v) is 7.23. The zero-order valence-corrected chi connectivity index (χ0v) is 14.3. The third-order valence-electron chi connectivity index (χ3n) is 3.28. The van der Waals surface area contributed by atoms with Crippen LogP contribution in [0.3, 0.4) is 0 Å². The second-order valence-electron chi connectivity index (χ2n) is 5.91. The van der Waals surface area contributed by atoms with Gasteiger partial charge in [-0.2, -0.15) is 0 Å². The van der Waals surface area contributed by atoms with Gasteiger partial charge in [0.25, 0.3) is 5.91 Å². The summed E-state index contributed by atoms with van der Waals surface area (Å²) in [7, 11) is 2.68. The first-order valence-electron chi connectivity index (χ1n) is 7.23. The number of ether oxygens (including phenoxy) is 1. The van der Waals surface area contributed by atoms with E-state index in [1.54, 1.807) is 0 Å². The van der Waals surface area contributed by atoms with Gasteiger partial charge in [0.15, 0.2) is 0 Å². The average Bonchev–Trinajstić information content (AvgIpc) is 2.45. The predicted molar refractivity (Wildman–Crippen MR) is 83.7 cm³/mol. The van der Waals surface area contributed by atoms with E-state index in [2.05, 4.69) is 0 Å². The number of hydroxylamine groups is 2. The average molecular weight is 326 g/mol. The zero-order valence-electron chi connectivity index (χ0n) is 14.3. The van der Waals surface area contributed by atoms with Crippen LogP contribution in [0.4, 0.5) is 9.18 Å². The summed E-state index contributed by atoms with van der Waals surface area (Å²) in [4.78, 5) is 30.3. The first-order chi connectivity index (χ1) is 10.6. The summed E-state index contributed by atoms with van der Waals surface area (Å²) in [5.74, 6) is -1.39. The molecule has 7 heteroatoms. The van der Waals surface area contributed by atoms with E-state index in [9.17, 15) is 14.0 Å². The summed E-state index contributed by atoms with van der Waals surface area (Å²) in [5, 5.41) is 0.905. The van der Waals surface area contributed by atoms with E-state index in [0.29, 0.717) is 6.54 Å². The number of amides is 2. The fourth-order valence-electron chi connectivity index (χ4n) is 2.02. The molecule has 0 atom stereocenters. The third kappa shape index (κ3) is 4.66. The Kier molecular flexibility index (Phi) is 6.09. The highest BCUT2D eigenvalue weighted by molar-refractivity contribution is 5.93. The van der Waals surface area contributed by atoms with Gasteiger partial charge in [-0.1, -0.05) is 0 Å². The fraction of sp³-hybridized carbons (Fsp3) is 0.500. The first kappa shape index (κ1) is 18.9. The van der Waals surface area contributed by atoms with Crippen molar-refractivity contribution < 1.29 is 23.6 Å². The quantitative estimate of drug-likeness (QED) is 0.798. The van der Waals surface area contributed by atoms with Gasteiger partial charge in [-0.25, -0.2) is 14.2 Å². The number of halogens is 1. The SMILES string of the molecule is CCN(C(=O)Oc1ccc(C(=O)N(C)OC)c(F)c1)C(C)(C)C. The molecule has 128 valence electrons. The molecule has 1 aromatic rings. The number of benzene rings is 1. The predicted octanol–water partition coefficient (Wildman–Crippen LogP) is 3.08. The smallest absolute Gasteiger partial charge is 0.410 e. The minimum absolute atomic E-state index is 0.0341. The molecular weight excluding hydrogens is 303 g/mol. The Morgan fingerprint density at radius 2 is 1.87 bits per heavy atom. The Hall–Kier alpha value is -2.15. The van der Waals surface area contributed by atoms with Crippen LogP contribution in [0.15, 0.2) is 18.2 Å². The number of hydrogen-bond acceptors (Lipinski definition) is 4. The van der Waals surface area contributed by atoms with Gasteiger partial charge < -0.3 is 9.64 Å². The molecule has 0 radical (unpaired) electrons. The van der Waals surface area contributed by atoms with Gasteiger partial charge in [0.1, 0.15) is 11.6 Å². The molecule has 0 fully saturated rings. The Labute approximate surface area is 135 Å². The maximum atomic E-state index is 14.1. The van der Waals surface area contributed by atoms with Gasteiger partial charge in [-0.15, -0.1) is 0 Å². The Morgan fingerprint density at radius 3 is 2.30 bits per heavy atom. The minimum Gasteiger partial charge on any atom is -0.410 e. The summed E-state index contributed by atoms with van der Waals surface area (Å²) < 4.78 is 19.2. The van der Waals surface area contributed by atoms with Crippen LogP contribution in [-0.2, 0) is 4.84 Å². The highest BCUT2D eigenvalue weighted by atomic mass is 19.1. The van der Waals surface area contributed by atoms with Gasteiger partial charge in [0.2, 0.25) is 0 Å². The molecule has 0 aliphatic heterocycles. The van der Waals surface area contributed by atoms with Crippen LogP contribution in [0.1, 0.15) is 38.1 Å². The van der Waals surface area contributed by atoms with Crippen LogP contribution in [0.5, 0.6) is 5.75 Å². The lowest BCUT2D eigenvalue weighted by Gasteiger charge is -2.33. The van der Waals surface area contributed by atoms with Crippen molar-refractivity contribution in [2.24, 2.45) is 0 Å². The number of hydrogen-bond donors (Lipinski definition) is 0. The second-order valence-corrected chi connectivity index (χ2v) is 5.91. The highest BCUT2D eigenvalue weighted by Crippen LogP contribution is 2.21. The van der Waals surface area contributed by atoms with Crippen molar-refractivity contribution in [3.8, 4) is 5.75 Å². The molecule has 2 amide bonds. The summed E-state index contributed by atoms with van der Waals surface area (Å²) in [6.45, 7) is 7.91. The van der Waals surface area contributed by atoms with Crippen LogP contribution < -0.4 is 4.74 Å². The van der Waals surface area contributed by atoms with E-state index >= 15 is 0 Å². The normalized spacial score (nSPS) is 11.1. The monoisotopic (exact) mass is 326 g/mol. The van der Waals surface area contributed by atoms with Crippen molar-refractivity contribution in [3.05, 3.63) is 29.6 Å². The van der Waals surface area contributed by atoms with Crippen LogP contribution >= 0.6 is 0 Å². The summed E-state index contributed by atoms with van der Waals surface area (Å²) >= 11 is 0. The number of carbonyl (C=O) groups excluding carboxylic acids is 2. The van der Waals surface area contributed by atoms with Crippen LogP contribution in [0, 0.1) is 5.82 Å². The van der Waals surface area contributed by atoms with Crippen LogP contribution in [0.25, 0.3) is 0 Å². The largest absolute Gasteiger partial charge is 0.415 e. The molecule has 1 aromatic carbocycles. The maximum absolute atomic E-state index is 14.1. The molecule has 0 heterocycles. The van der Waals surface area contributed by atoms with Crippen molar-refractivity contribution in [2.75, 3.05) is 20.7 Å². The van der Waals surface area contributed by atoms with Gasteiger partial charge in [0.05, 0.1) is 12.7 Å². The van der Waals surface area contributed by atoms with Gasteiger partial charge >= 0.3 is 6.09 Å². The fourth-order valence-corrected chi connectivity index (χ4v) is 2.02. The molecule has 0 saturated carbocycles. The van der Waals surface area contributed by atoms with E-state index in [1.807, 2.05) is 27.7 Å². The molecule has 0 aliphatic rings. The molecular formula is C16H23FN2O4. The summed E-state index contributed by atoms with van der Waals surface area (Å²) in [5.41, 5.74) is -0.584. The number of carbonyl (C=O) groups is 2. The highest BCUT2D eigenvalue weighted by Gasteiger charge is 2.27. The summed E-state index contributed by atoms with van der Waals surface area (Å²) in [6.07, 6.45) is -0.576. The maximum Gasteiger partial charge on any atom is 0.415 e. The minimum atomic E-state index is -0.789. The Balaban J connectivity index is 2.94.